The second-order valence-corrected chi connectivity index (χ2v) is 20.8. The molecule has 0 rings (SSSR count). The van der Waals surface area contributed by atoms with Gasteiger partial charge in [-0.2, -0.15) is 0 Å². The van der Waals surface area contributed by atoms with Crippen LogP contribution in [0.5, 0.6) is 0 Å². The Kier molecular flexibility index (Phi) is 55.2. The largest absolute Gasteiger partial charge is 0.394 e. The highest BCUT2D eigenvalue weighted by atomic mass is 16.3. The summed E-state index contributed by atoms with van der Waals surface area (Å²) >= 11 is 0. The van der Waals surface area contributed by atoms with Gasteiger partial charge in [0.15, 0.2) is 0 Å². The van der Waals surface area contributed by atoms with E-state index >= 15 is 0 Å². The number of hydrogen-bond donors (Lipinski definition) is 3. The lowest BCUT2D eigenvalue weighted by molar-refractivity contribution is -0.123. The molecule has 0 aliphatic rings. The van der Waals surface area contributed by atoms with E-state index < -0.39 is 12.1 Å². The quantitative estimate of drug-likeness (QED) is 0.0533. The van der Waals surface area contributed by atoms with Crippen LogP contribution in [0.15, 0.2) is 0 Å². The molecule has 0 aromatic heterocycles. The third kappa shape index (κ3) is 52.2. The van der Waals surface area contributed by atoms with E-state index in [2.05, 4.69) is 19.2 Å². The maximum atomic E-state index is 12.5. The first-order valence-corrected chi connectivity index (χ1v) is 29.7. The molecule has 1 amide bonds. The molecule has 0 heterocycles. The molecule has 3 N–H and O–H groups in total. The number of aliphatic hydroxyl groups excluding tert-OH is 2. The fourth-order valence-electron chi connectivity index (χ4n) is 9.84. The summed E-state index contributed by atoms with van der Waals surface area (Å²) in [6.07, 6.45) is 71.2. The molecule has 63 heavy (non-hydrogen) atoms. The number of amides is 1. The zero-order chi connectivity index (χ0) is 45.6. The molecule has 0 unspecified atom stereocenters. The molecule has 0 radical (unpaired) electrons. The molecule has 0 aromatic carbocycles. The van der Waals surface area contributed by atoms with Crippen LogP contribution < -0.4 is 5.32 Å². The average Bonchev–Trinajstić information content (AvgIpc) is 3.29. The molecule has 0 aliphatic carbocycles. The normalized spacial score (nSPS) is 12.6. The van der Waals surface area contributed by atoms with Crippen molar-refractivity contribution in [2.45, 2.75) is 366 Å². The summed E-state index contributed by atoms with van der Waals surface area (Å²) < 4.78 is 0. The molecule has 0 saturated carbocycles. The van der Waals surface area contributed by atoms with Crippen LogP contribution in [0.25, 0.3) is 0 Å². The van der Waals surface area contributed by atoms with Crippen molar-refractivity contribution >= 4 is 5.91 Å². The summed E-state index contributed by atoms with van der Waals surface area (Å²) in [5.41, 5.74) is 0. The first kappa shape index (κ1) is 62.4. The van der Waals surface area contributed by atoms with E-state index in [4.69, 9.17) is 0 Å². The number of nitrogens with one attached hydrogen (secondary N) is 1. The molecule has 2 atom stereocenters. The predicted molar refractivity (Wildman–Crippen MR) is 281 cm³/mol. The van der Waals surface area contributed by atoms with Crippen molar-refractivity contribution in [1.82, 2.24) is 5.32 Å². The minimum Gasteiger partial charge on any atom is -0.394 e. The molecular formula is C59H119NO3. The van der Waals surface area contributed by atoms with Gasteiger partial charge in [0.05, 0.1) is 18.8 Å². The Morgan fingerprint density at radius 2 is 0.508 bits per heavy atom. The van der Waals surface area contributed by atoms with Crippen LogP contribution in [0.2, 0.25) is 0 Å². The van der Waals surface area contributed by atoms with Gasteiger partial charge < -0.3 is 15.5 Å². The van der Waals surface area contributed by atoms with Crippen molar-refractivity contribution in [2.24, 2.45) is 0 Å². The second kappa shape index (κ2) is 55.7. The Balaban J connectivity index is 3.35. The number of rotatable bonds is 56. The number of aliphatic hydroxyl groups is 2. The highest BCUT2D eigenvalue weighted by Crippen LogP contribution is 2.19. The van der Waals surface area contributed by atoms with Crippen molar-refractivity contribution < 1.29 is 15.0 Å². The van der Waals surface area contributed by atoms with E-state index in [1.54, 1.807) is 0 Å². The Morgan fingerprint density at radius 3 is 0.714 bits per heavy atom. The fourth-order valence-corrected chi connectivity index (χ4v) is 9.84. The molecule has 4 nitrogen and oxygen atoms in total. The molecule has 378 valence electrons. The minimum atomic E-state index is -0.654. The van der Waals surface area contributed by atoms with Crippen molar-refractivity contribution in [3.63, 3.8) is 0 Å². The van der Waals surface area contributed by atoms with Gasteiger partial charge in [-0.25, -0.2) is 0 Å². The third-order valence-electron chi connectivity index (χ3n) is 14.4. The summed E-state index contributed by atoms with van der Waals surface area (Å²) in [6, 6.07) is -0.531. The highest BCUT2D eigenvalue weighted by Gasteiger charge is 2.20. The van der Waals surface area contributed by atoms with Crippen LogP contribution in [0.3, 0.4) is 0 Å². The first-order valence-electron chi connectivity index (χ1n) is 29.7. The predicted octanol–water partition coefficient (Wildman–Crippen LogP) is 19.5. The standard InChI is InChI=1S/C59H119NO3/c1-3-5-7-9-11-13-15-17-19-21-22-23-24-25-26-27-28-29-30-31-32-33-34-35-36-37-39-41-43-45-47-49-51-53-55-59(63)60-57(56-61)58(62)54-52-50-48-46-44-42-40-38-20-18-16-14-12-10-8-6-4-2/h57-58,61-62H,3-56H2,1-2H3,(H,60,63)/t57-,58+/m0/s1. The molecule has 0 spiro atoms. The SMILES string of the molecule is CCCCCCCCCCCCCCCCCCCCCCCCCCCCCCCCCCCCC(=O)N[C@@H](CO)[C@H](O)CCCCCCCCCCCCCCCCCCC. The average molecular weight is 891 g/mol. The van der Waals surface area contributed by atoms with E-state index in [9.17, 15) is 15.0 Å². The molecule has 0 saturated heterocycles. The van der Waals surface area contributed by atoms with Crippen LogP contribution in [0.1, 0.15) is 354 Å². The molecule has 0 fully saturated rings. The van der Waals surface area contributed by atoms with Gasteiger partial charge >= 0.3 is 0 Å². The maximum absolute atomic E-state index is 12.5. The Hall–Kier alpha value is -0.610. The van der Waals surface area contributed by atoms with Crippen LogP contribution in [0.4, 0.5) is 0 Å². The zero-order valence-electron chi connectivity index (χ0n) is 43.6. The van der Waals surface area contributed by atoms with Crippen LogP contribution >= 0.6 is 0 Å². The highest BCUT2D eigenvalue weighted by molar-refractivity contribution is 5.76. The molecule has 0 aromatic rings. The number of unbranched alkanes of at least 4 members (excludes halogenated alkanes) is 49. The molecule has 0 aliphatic heterocycles. The van der Waals surface area contributed by atoms with Crippen LogP contribution in [-0.2, 0) is 4.79 Å². The Labute approximate surface area is 397 Å². The van der Waals surface area contributed by atoms with E-state index in [-0.39, 0.29) is 12.5 Å². The van der Waals surface area contributed by atoms with Crippen LogP contribution in [-0.4, -0.2) is 34.9 Å². The van der Waals surface area contributed by atoms with Crippen molar-refractivity contribution in [1.29, 1.82) is 0 Å². The summed E-state index contributed by atoms with van der Waals surface area (Å²) in [5.74, 6) is -0.0218. The number of hydrogen-bond acceptors (Lipinski definition) is 3. The van der Waals surface area contributed by atoms with Crippen molar-refractivity contribution in [3.05, 3.63) is 0 Å². The Bertz CT molecular complexity index is 834. The molecule has 0 bridgehead atoms. The summed E-state index contributed by atoms with van der Waals surface area (Å²) in [7, 11) is 0. The van der Waals surface area contributed by atoms with Gasteiger partial charge in [0.25, 0.3) is 0 Å². The van der Waals surface area contributed by atoms with Gasteiger partial charge in [-0.1, -0.05) is 335 Å². The lowest BCUT2D eigenvalue weighted by atomic mass is 10.0. The fraction of sp³-hybridized carbons (Fsp3) is 0.983. The van der Waals surface area contributed by atoms with Gasteiger partial charge in [-0.3, -0.25) is 4.79 Å². The minimum absolute atomic E-state index is 0.0218. The molecular weight excluding hydrogens is 771 g/mol. The lowest BCUT2D eigenvalue weighted by Gasteiger charge is -2.22. The van der Waals surface area contributed by atoms with E-state index in [0.717, 1.165) is 25.7 Å². The zero-order valence-corrected chi connectivity index (χ0v) is 43.6. The van der Waals surface area contributed by atoms with Crippen LogP contribution in [0, 0.1) is 0 Å². The van der Waals surface area contributed by atoms with E-state index in [1.807, 2.05) is 0 Å². The van der Waals surface area contributed by atoms with Gasteiger partial charge in [0, 0.05) is 6.42 Å². The maximum Gasteiger partial charge on any atom is 0.220 e. The van der Waals surface area contributed by atoms with Gasteiger partial charge in [0.2, 0.25) is 5.91 Å². The van der Waals surface area contributed by atoms with Gasteiger partial charge in [-0.15, -0.1) is 0 Å². The van der Waals surface area contributed by atoms with Gasteiger partial charge in [-0.05, 0) is 12.8 Å². The Morgan fingerprint density at radius 1 is 0.317 bits per heavy atom. The lowest BCUT2D eigenvalue weighted by Crippen LogP contribution is -2.45. The van der Waals surface area contributed by atoms with Gasteiger partial charge in [0.1, 0.15) is 0 Å². The first-order chi connectivity index (χ1) is 31.2. The smallest absolute Gasteiger partial charge is 0.220 e. The van der Waals surface area contributed by atoms with Crippen molar-refractivity contribution in [2.75, 3.05) is 6.61 Å². The topological polar surface area (TPSA) is 69.6 Å². The third-order valence-corrected chi connectivity index (χ3v) is 14.4. The molecule has 4 heteroatoms. The second-order valence-electron chi connectivity index (χ2n) is 20.8. The monoisotopic (exact) mass is 890 g/mol. The summed E-state index contributed by atoms with van der Waals surface area (Å²) in [6.45, 7) is 4.40. The van der Waals surface area contributed by atoms with E-state index in [1.165, 1.54) is 302 Å². The van der Waals surface area contributed by atoms with E-state index in [0.29, 0.717) is 12.8 Å². The van der Waals surface area contributed by atoms with Crippen molar-refractivity contribution in [3.8, 4) is 0 Å². The summed E-state index contributed by atoms with van der Waals surface area (Å²) in [4.78, 5) is 12.5. The number of carbonyl (C=O) groups is 1. The number of carbonyl (C=O) groups excluding carboxylic acids is 1. The summed E-state index contributed by atoms with van der Waals surface area (Å²) in [5, 5.41) is 23.3.